The molecular formula is C25H29F2N3O5. The number of ether oxygens (including phenoxy) is 2. The van der Waals surface area contributed by atoms with E-state index in [1.807, 2.05) is 12.1 Å². The molecule has 35 heavy (non-hydrogen) atoms. The van der Waals surface area contributed by atoms with Gasteiger partial charge in [0, 0.05) is 0 Å². The molecule has 1 aliphatic heterocycles. The van der Waals surface area contributed by atoms with Crippen LogP contribution in [0.5, 0.6) is 0 Å². The number of Topliss-reactive ketones (excluding diaryl/α,β-unsaturated/α-hetero) is 1. The highest BCUT2D eigenvalue weighted by atomic mass is 19.3. The van der Waals surface area contributed by atoms with Gasteiger partial charge < -0.3 is 25.8 Å². The Morgan fingerprint density at radius 2 is 1.46 bits per heavy atom. The smallest absolute Gasteiger partial charge is 0.345 e. The third kappa shape index (κ3) is 7.91. The van der Waals surface area contributed by atoms with Gasteiger partial charge in [0.1, 0.15) is 11.6 Å². The quantitative estimate of drug-likeness (QED) is 0.365. The maximum absolute atomic E-state index is 13.0. The number of ketones is 1. The van der Waals surface area contributed by atoms with Crippen LogP contribution in [0.3, 0.4) is 0 Å². The summed E-state index contributed by atoms with van der Waals surface area (Å²) < 4.78 is 35.0. The molecule has 2 aromatic rings. The molecule has 188 valence electrons. The Kier molecular flexibility index (Phi) is 9.02. The van der Waals surface area contributed by atoms with E-state index in [1.165, 1.54) is 0 Å². The summed E-state index contributed by atoms with van der Waals surface area (Å²) >= 11 is 0. The molecule has 0 aliphatic carbocycles. The van der Waals surface area contributed by atoms with Crippen LogP contribution in [-0.4, -0.2) is 61.1 Å². The first-order chi connectivity index (χ1) is 16.7. The standard InChI is InChI=1S/C25H29F2N3O5/c1-25(15-35-25)21(31)19(13-17-10-6-3-7-11-17)29-23(33)20(14-34-24(26)27)30-22(32)18(28)12-16-8-4-2-5-9-16/h2-11,18-20,24H,12-15,28H2,1H3,(H,29,33)(H,30,32)/t18-,19-,20-,25+/m0/s1. The number of rotatable bonds is 13. The van der Waals surface area contributed by atoms with E-state index >= 15 is 0 Å². The fraction of sp³-hybridized carbons (Fsp3) is 0.400. The number of alkyl halides is 2. The van der Waals surface area contributed by atoms with Crippen LogP contribution in [0.25, 0.3) is 0 Å². The number of benzene rings is 2. The van der Waals surface area contributed by atoms with Crippen molar-refractivity contribution in [1.82, 2.24) is 10.6 Å². The molecule has 0 spiro atoms. The minimum atomic E-state index is -3.15. The van der Waals surface area contributed by atoms with Gasteiger partial charge in [-0.3, -0.25) is 14.4 Å². The number of hydrogen-bond donors (Lipinski definition) is 3. The first-order valence-electron chi connectivity index (χ1n) is 11.2. The van der Waals surface area contributed by atoms with Crippen LogP contribution in [0.2, 0.25) is 0 Å². The molecule has 0 bridgehead atoms. The topological polar surface area (TPSA) is 123 Å². The second-order valence-corrected chi connectivity index (χ2v) is 8.59. The van der Waals surface area contributed by atoms with E-state index in [2.05, 4.69) is 15.4 Å². The van der Waals surface area contributed by atoms with E-state index in [-0.39, 0.29) is 25.2 Å². The lowest BCUT2D eigenvalue weighted by Gasteiger charge is -2.25. The summed E-state index contributed by atoms with van der Waals surface area (Å²) in [5.41, 5.74) is 6.52. The van der Waals surface area contributed by atoms with E-state index < -0.39 is 48.8 Å². The van der Waals surface area contributed by atoms with Crippen LogP contribution in [0, 0.1) is 0 Å². The largest absolute Gasteiger partial charge is 0.361 e. The van der Waals surface area contributed by atoms with Crippen molar-refractivity contribution in [2.45, 2.75) is 50.1 Å². The van der Waals surface area contributed by atoms with Gasteiger partial charge in [-0.15, -0.1) is 0 Å². The number of halogens is 2. The number of hydrogen-bond acceptors (Lipinski definition) is 6. The van der Waals surface area contributed by atoms with Crippen molar-refractivity contribution in [3.05, 3.63) is 71.8 Å². The summed E-state index contributed by atoms with van der Waals surface area (Å²) in [5.74, 6) is -1.91. The van der Waals surface area contributed by atoms with E-state index in [4.69, 9.17) is 10.5 Å². The average molecular weight is 490 g/mol. The summed E-state index contributed by atoms with van der Waals surface area (Å²) in [5, 5.41) is 4.96. The molecule has 1 fully saturated rings. The maximum Gasteiger partial charge on any atom is 0.345 e. The zero-order valence-electron chi connectivity index (χ0n) is 19.3. The monoisotopic (exact) mass is 489 g/mol. The van der Waals surface area contributed by atoms with Crippen molar-refractivity contribution in [1.29, 1.82) is 0 Å². The first-order valence-corrected chi connectivity index (χ1v) is 11.2. The number of amides is 2. The molecule has 1 aliphatic rings. The van der Waals surface area contributed by atoms with Gasteiger partial charge in [0.2, 0.25) is 11.8 Å². The molecule has 2 amide bonds. The van der Waals surface area contributed by atoms with Crippen LogP contribution in [0.4, 0.5) is 8.78 Å². The molecule has 3 rings (SSSR count). The van der Waals surface area contributed by atoms with Gasteiger partial charge in [-0.1, -0.05) is 60.7 Å². The molecule has 10 heteroatoms. The Labute approximate surface area is 202 Å². The van der Waals surface area contributed by atoms with Gasteiger partial charge in [0.05, 0.1) is 25.3 Å². The second-order valence-electron chi connectivity index (χ2n) is 8.59. The molecule has 2 aromatic carbocycles. The molecule has 0 aromatic heterocycles. The summed E-state index contributed by atoms with van der Waals surface area (Å²) in [7, 11) is 0. The maximum atomic E-state index is 13.0. The number of carbonyl (C=O) groups excluding carboxylic acids is 3. The predicted molar refractivity (Wildman–Crippen MR) is 123 cm³/mol. The van der Waals surface area contributed by atoms with Crippen molar-refractivity contribution in [2.24, 2.45) is 5.73 Å². The number of nitrogens with one attached hydrogen (secondary N) is 2. The summed E-state index contributed by atoms with van der Waals surface area (Å²) in [6, 6.07) is 14.5. The zero-order chi connectivity index (χ0) is 25.4. The Hall–Kier alpha value is -3.21. The molecule has 1 saturated heterocycles. The summed E-state index contributed by atoms with van der Waals surface area (Å²) in [6.45, 7) is -2.12. The molecule has 4 atom stereocenters. The highest BCUT2D eigenvalue weighted by Gasteiger charge is 2.50. The third-order valence-electron chi connectivity index (χ3n) is 5.67. The minimum absolute atomic E-state index is 0.161. The van der Waals surface area contributed by atoms with Crippen LogP contribution in [-0.2, 0) is 36.7 Å². The Morgan fingerprint density at radius 1 is 0.943 bits per heavy atom. The van der Waals surface area contributed by atoms with Crippen LogP contribution >= 0.6 is 0 Å². The fourth-order valence-electron chi connectivity index (χ4n) is 3.54. The first kappa shape index (κ1) is 26.4. The lowest BCUT2D eigenvalue weighted by molar-refractivity contribution is -0.148. The van der Waals surface area contributed by atoms with Crippen molar-refractivity contribution < 1.29 is 32.6 Å². The third-order valence-corrected chi connectivity index (χ3v) is 5.67. The Morgan fingerprint density at radius 3 is 1.97 bits per heavy atom. The molecule has 4 N–H and O–H groups in total. The lowest BCUT2D eigenvalue weighted by atomic mass is 9.94. The molecule has 0 radical (unpaired) electrons. The van der Waals surface area contributed by atoms with E-state index in [1.54, 1.807) is 55.5 Å². The molecule has 0 saturated carbocycles. The van der Waals surface area contributed by atoms with Crippen LogP contribution in [0.15, 0.2) is 60.7 Å². The average Bonchev–Trinajstić information content (AvgIpc) is 3.60. The van der Waals surface area contributed by atoms with Gasteiger partial charge in [-0.2, -0.15) is 8.78 Å². The molecule has 8 nitrogen and oxygen atoms in total. The Balaban J connectivity index is 1.70. The lowest BCUT2D eigenvalue weighted by Crippen LogP contribution is -2.57. The normalized spacial score (nSPS) is 19.5. The highest BCUT2D eigenvalue weighted by Crippen LogP contribution is 2.29. The fourth-order valence-corrected chi connectivity index (χ4v) is 3.54. The predicted octanol–water partition coefficient (Wildman–Crippen LogP) is 1.37. The van der Waals surface area contributed by atoms with Gasteiger partial charge in [0.15, 0.2) is 5.78 Å². The molecular weight excluding hydrogens is 460 g/mol. The second kappa shape index (κ2) is 12.0. The van der Waals surface area contributed by atoms with Gasteiger partial charge in [0.25, 0.3) is 0 Å². The van der Waals surface area contributed by atoms with Crippen molar-refractivity contribution in [3.63, 3.8) is 0 Å². The molecule has 0 unspecified atom stereocenters. The van der Waals surface area contributed by atoms with Crippen LogP contribution in [0.1, 0.15) is 18.1 Å². The molecule has 1 heterocycles. The minimum Gasteiger partial charge on any atom is -0.361 e. The summed E-state index contributed by atoms with van der Waals surface area (Å²) in [6.07, 6.45) is 0.343. The van der Waals surface area contributed by atoms with Crippen molar-refractivity contribution in [2.75, 3.05) is 13.2 Å². The van der Waals surface area contributed by atoms with Gasteiger partial charge in [-0.05, 0) is 30.9 Å². The van der Waals surface area contributed by atoms with E-state index in [0.29, 0.717) is 0 Å². The number of nitrogens with two attached hydrogens (primary N) is 1. The van der Waals surface area contributed by atoms with Crippen molar-refractivity contribution in [3.8, 4) is 0 Å². The Bertz CT molecular complexity index is 1000. The number of epoxide rings is 1. The van der Waals surface area contributed by atoms with Crippen molar-refractivity contribution >= 4 is 17.6 Å². The summed E-state index contributed by atoms with van der Waals surface area (Å²) in [4.78, 5) is 38.7. The SMILES string of the molecule is C[C@]1(C(=O)[C@H](Cc2ccccc2)NC(=O)[C@H](COC(F)F)NC(=O)[C@@H](N)Cc2ccccc2)CO1. The highest BCUT2D eigenvalue weighted by molar-refractivity contribution is 5.98. The van der Waals surface area contributed by atoms with Gasteiger partial charge in [-0.25, -0.2) is 0 Å². The van der Waals surface area contributed by atoms with E-state index in [0.717, 1.165) is 11.1 Å². The van der Waals surface area contributed by atoms with Gasteiger partial charge >= 0.3 is 6.61 Å². The van der Waals surface area contributed by atoms with Crippen LogP contribution < -0.4 is 16.4 Å². The zero-order valence-corrected chi connectivity index (χ0v) is 19.3. The van der Waals surface area contributed by atoms with E-state index in [9.17, 15) is 23.2 Å². The number of carbonyl (C=O) groups is 3.